The first-order chi connectivity index (χ1) is 17.4. The first-order valence-electron chi connectivity index (χ1n) is 11.3. The van der Waals surface area contributed by atoms with E-state index >= 15 is 0 Å². The van der Waals surface area contributed by atoms with Crippen LogP contribution in [0.15, 0.2) is 59.4 Å². The molecule has 9 nitrogen and oxygen atoms in total. The fourth-order valence-corrected chi connectivity index (χ4v) is 4.42. The topological polar surface area (TPSA) is 114 Å². The molecule has 0 saturated carbocycles. The summed E-state index contributed by atoms with van der Waals surface area (Å²) in [6.07, 6.45) is 0. The van der Waals surface area contributed by atoms with Crippen molar-refractivity contribution in [3.05, 3.63) is 76.1 Å². The van der Waals surface area contributed by atoms with Crippen molar-refractivity contribution in [1.82, 2.24) is 14.3 Å². The van der Waals surface area contributed by atoms with E-state index in [1.807, 2.05) is 43.3 Å². The Hall–Kier alpha value is -4.66. The van der Waals surface area contributed by atoms with Crippen LogP contribution in [0.1, 0.15) is 11.1 Å². The molecule has 0 bridgehead atoms. The molecule has 0 spiro atoms. The molecule has 9 heteroatoms. The van der Waals surface area contributed by atoms with Gasteiger partial charge < -0.3 is 29.6 Å². The number of nitrogens with zero attached hydrogens (tertiary/aromatic N) is 3. The Morgan fingerprint density at radius 3 is 2.22 bits per heavy atom. The van der Waals surface area contributed by atoms with E-state index in [2.05, 4.69) is 0 Å². The van der Waals surface area contributed by atoms with E-state index in [9.17, 15) is 9.90 Å². The van der Waals surface area contributed by atoms with Gasteiger partial charge in [-0.2, -0.15) is 5.10 Å². The number of phenols is 1. The van der Waals surface area contributed by atoms with Crippen LogP contribution in [0.3, 0.4) is 0 Å². The number of nitrogens with two attached hydrogens (primary N) is 1. The maximum absolute atomic E-state index is 13.9. The van der Waals surface area contributed by atoms with Crippen molar-refractivity contribution in [1.29, 1.82) is 0 Å². The van der Waals surface area contributed by atoms with Gasteiger partial charge in [-0.25, -0.2) is 4.68 Å². The van der Waals surface area contributed by atoms with Crippen molar-refractivity contribution < 1.29 is 19.3 Å². The van der Waals surface area contributed by atoms with Crippen LogP contribution in [-0.2, 0) is 6.54 Å². The molecule has 2 heterocycles. The average Bonchev–Trinajstić information content (AvgIpc) is 3.23. The number of pyridine rings is 1. The molecule has 0 amide bonds. The Morgan fingerprint density at radius 1 is 0.889 bits per heavy atom. The van der Waals surface area contributed by atoms with Crippen molar-refractivity contribution in [3.63, 3.8) is 0 Å². The SMILES string of the molecule is COc1ccc(Cn2c(=O)c3c(N)n(-c4cc(OC)ccc4C)nc3c3c(O)cc(OC)cc32)cc1. The second-order valence-corrected chi connectivity index (χ2v) is 8.45. The summed E-state index contributed by atoms with van der Waals surface area (Å²) in [5.74, 6) is 1.86. The number of ether oxygens (including phenoxy) is 3. The summed E-state index contributed by atoms with van der Waals surface area (Å²) in [5, 5.41) is 16.3. The number of rotatable bonds is 6. The van der Waals surface area contributed by atoms with Crippen LogP contribution in [0.4, 0.5) is 5.82 Å². The molecule has 0 radical (unpaired) electrons. The molecule has 5 aromatic rings. The lowest BCUT2D eigenvalue weighted by Gasteiger charge is -2.14. The molecule has 0 aliphatic carbocycles. The molecule has 0 aliphatic rings. The van der Waals surface area contributed by atoms with Gasteiger partial charge in [0.1, 0.15) is 39.7 Å². The molecule has 36 heavy (non-hydrogen) atoms. The van der Waals surface area contributed by atoms with Gasteiger partial charge in [-0.3, -0.25) is 4.79 Å². The number of phenolic OH excluding ortho intramolecular Hbond substituents is 1. The zero-order valence-corrected chi connectivity index (χ0v) is 20.4. The highest BCUT2D eigenvalue weighted by Crippen LogP contribution is 2.37. The van der Waals surface area contributed by atoms with Gasteiger partial charge in [-0.15, -0.1) is 0 Å². The number of methoxy groups -OCH3 is 3. The van der Waals surface area contributed by atoms with Gasteiger partial charge >= 0.3 is 0 Å². The standard InChI is InChI=1S/C27H26N4O5/c1-15-5-8-18(35-3)11-20(15)31-26(28)24-25(29-31)23-21(12-19(36-4)13-22(23)32)30(27(24)33)14-16-6-9-17(34-2)10-7-16/h5-13,32H,14,28H2,1-4H3. The van der Waals surface area contributed by atoms with Crippen LogP contribution in [0, 0.1) is 6.92 Å². The van der Waals surface area contributed by atoms with Gasteiger partial charge in [-0.1, -0.05) is 18.2 Å². The first kappa shape index (κ1) is 23.1. The van der Waals surface area contributed by atoms with Crippen LogP contribution in [0.2, 0.25) is 0 Å². The predicted molar refractivity (Wildman–Crippen MR) is 139 cm³/mol. The zero-order chi connectivity index (χ0) is 25.6. The summed E-state index contributed by atoms with van der Waals surface area (Å²) in [6, 6.07) is 16.2. The quantitative estimate of drug-likeness (QED) is 0.373. The molecule has 3 aromatic carbocycles. The normalized spacial score (nSPS) is 11.2. The third-order valence-electron chi connectivity index (χ3n) is 6.36. The number of aromatic hydroxyl groups is 1. The summed E-state index contributed by atoms with van der Waals surface area (Å²) in [5.41, 5.74) is 9.44. The predicted octanol–water partition coefficient (Wildman–Crippen LogP) is 4.01. The van der Waals surface area contributed by atoms with Crippen LogP contribution >= 0.6 is 0 Å². The molecule has 0 saturated heterocycles. The van der Waals surface area contributed by atoms with Gasteiger partial charge in [0.25, 0.3) is 5.56 Å². The van der Waals surface area contributed by atoms with Gasteiger partial charge in [0.2, 0.25) is 0 Å². The maximum atomic E-state index is 13.9. The van der Waals surface area contributed by atoms with Crippen molar-refractivity contribution in [2.75, 3.05) is 27.1 Å². The monoisotopic (exact) mass is 486 g/mol. The van der Waals surface area contributed by atoms with E-state index in [4.69, 9.17) is 25.0 Å². The van der Waals surface area contributed by atoms with Crippen LogP contribution in [-0.4, -0.2) is 40.8 Å². The van der Waals surface area contributed by atoms with Crippen molar-refractivity contribution in [3.8, 4) is 28.7 Å². The smallest absolute Gasteiger partial charge is 0.264 e. The third-order valence-corrected chi connectivity index (χ3v) is 6.36. The molecule has 3 N–H and O–H groups in total. The number of benzene rings is 3. The van der Waals surface area contributed by atoms with Crippen LogP contribution in [0.25, 0.3) is 27.5 Å². The number of hydrogen-bond donors (Lipinski definition) is 2. The third kappa shape index (κ3) is 3.65. The number of hydrogen-bond acceptors (Lipinski definition) is 7. The zero-order valence-electron chi connectivity index (χ0n) is 20.4. The van der Waals surface area contributed by atoms with Gasteiger partial charge in [0.05, 0.1) is 44.5 Å². The van der Waals surface area contributed by atoms with Gasteiger partial charge in [-0.05, 0) is 36.2 Å². The highest BCUT2D eigenvalue weighted by Gasteiger charge is 2.23. The maximum Gasteiger partial charge on any atom is 0.264 e. The minimum atomic E-state index is -0.328. The minimum absolute atomic E-state index is 0.0650. The molecule has 5 rings (SSSR count). The van der Waals surface area contributed by atoms with Crippen LogP contribution in [0.5, 0.6) is 23.0 Å². The lowest BCUT2D eigenvalue weighted by Crippen LogP contribution is -2.22. The Labute approximate surface area is 206 Å². The Morgan fingerprint density at radius 2 is 1.56 bits per heavy atom. The van der Waals surface area contributed by atoms with E-state index < -0.39 is 0 Å². The second kappa shape index (κ2) is 8.84. The van der Waals surface area contributed by atoms with Crippen LogP contribution < -0.4 is 25.5 Å². The lowest BCUT2D eigenvalue weighted by atomic mass is 10.1. The highest BCUT2D eigenvalue weighted by molar-refractivity contribution is 6.10. The first-order valence-corrected chi connectivity index (χ1v) is 11.3. The van der Waals surface area contributed by atoms with Crippen molar-refractivity contribution >= 4 is 27.6 Å². The number of anilines is 1. The Kier molecular flexibility index (Phi) is 5.68. The van der Waals surface area contributed by atoms with E-state index in [0.717, 1.165) is 11.1 Å². The molecule has 2 aromatic heterocycles. The largest absolute Gasteiger partial charge is 0.507 e. The summed E-state index contributed by atoms with van der Waals surface area (Å²) in [7, 11) is 4.68. The lowest BCUT2D eigenvalue weighted by molar-refractivity contribution is 0.409. The molecule has 0 fully saturated rings. The molecule has 184 valence electrons. The van der Waals surface area contributed by atoms with Gasteiger partial charge in [0, 0.05) is 18.2 Å². The molecule has 0 aliphatic heterocycles. The summed E-state index contributed by atoms with van der Waals surface area (Å²) >= 11 is 0. The fourth-order valence-electron chi connectivity index (χ4n) is 4.42. The summed E-state index contributed by atoms with van der Waals surface area (Å²) in [4.78, 5) is 13.9. The average molecular weight is 487 g/mol. The summed E-state index contributed by atoms with van der Waals surface area (Å²) < 4.78 is 19.1. The number of aryl methyl sites for hydroxylation is 1. The molecular formula is C27H26N4O5. The Bertz CT molecular complexity index is 1670. The van der Waals surface area contributed by atoms with E-state index in [1.54, 1.807) is 30.9 Å². The molecular weight excluding hydrogens is 460 g/mol. The van der Waals surface area contributed by atoms with E-state index in [-0.39, 0.29) is 29.1 Å². The fraction of sp³-hybridized carbons (Fsp3) is 0.185. The van der Waals surface area contributed by atoms with Crippen molar-refractivity contribution in [2.45, 2.75) is 13.5 Å². The second-order valence-electron chi connectivity index (χ2n) is 8.45. The highest BCUT2D eigenvalue weighted by atomic mass is 16.5. The van der Waals surface area contributed by atoms with E-state index in [1.165, 1.54) is 17.9 Å². The molecule has 0 atom stereocenters. The number of nitrogen functional groups attached to an aromatic ring is 1. The van der Waals surface area contributed by atoms with Gasteiger partial charge in [0.15, 0.2) is 0 Å². The van der Waals surface area contributed by atoms with Crippen molar-refractivity contribution in [2.24, 2.45) is 0 Å². The minimum Gasteiger partial charge on any atom is -0.507 e. The summed E-state index contributed by atoms with van der Waals surface area (Å²) in [6.45, 7) is 2.16. The van der Waals surface area contributed by atoms with E-state index in [0.29, 0.717) is 39.4 Å². The molecule has 0 unspecified atom stereocenters. The Balaban J connectivity index is 1.84. The number of aromatic nitrogens is 3. The number of fused-ring (bicyclic) bond motifs is 3.